The van der Waals surface area contributed by atoms with E-state index in [1.807, 2.05) is 25.1 Å². The summed E-state index contributed by atoms with van der Waals surface area (Å²) in [5, 5.41) is 0. The Morgan fingerprint density at radius 3 is 3.06 bits per heavy atom. The van der Waals surface area contributed by atoms with Crippen LogP contribution in [0, 0.1) is 12.8 Å². The van der Waals surface area contributed by atoms with Gasteiger partial charge in [-0.15, -0.1) is 0 Å². The average Bonchev–Trinajstić information content (AvgIpc) is 2.79. The van der Waals surface area contributed by atoms with Crippen LogP contribution in [0.25, 0.3) is 6.08 Å². The maximum absolute atomic E-state index is 5.32. The van der Waals surface area contributed by atoms with Crippen molar-refractivity contribution in [2.24, 2.45) is 5.92 Å². The second-order valence-corrected chi connectivity index (χ2v) is 4.02. The van der Waals surface area contributed by atoms with E-state index in [-0.39, 0.29) is 0 Å². The van der Waals surface area contributed by atoms with E-state index >= 15 is 0 Å². The van der Waals surface area contributed by atoms with E-state index in [1.165, 1.54) is 0 Å². The number of aromatic nitrogens is 1. The number of nitrogens with zero attached hydrogens (tertiary/aromatic N) is 1. The summed E-state index contributed by atoms with van der Waals surface area (Å²) in [6, 6.07) is 3.90. The summed E-state index contributed by atoms with van der Waals surface area (Å²) < 4.78 is 10.6. The third-order valence-electron chi connectivity index (χ3n) is 2.74. The van der Waals surface area contributed by atoms with Gasteiger partial charge in [0.1, 0.15) is 11.4 Å². The molecule has 1 aliphatic rings. The second-order valence-electron chi connectivity index (χ2n) is 4.02. The highest BCUT2D eigenvalue weighted by Gasteiger charge is 2.12. The van der Waals surface area contributed by atoms with Gasteiger partial charge < -0.3 is 9.47 Å². The highest BCUT2D eigenvalue weighted by atomic mass is 16.5. The van der Waals surface area contributed by atoms with Gasteiger partial charge in [-0.05, 0) is 31.6 Å². The van der Waals surface area contributed by atoms with Crippen molar-refractivity contribution in [1.82, 2.24) is 4.98 Å². The Labute approximate surface area is 96.1 Å². The van der Waals surface area contributed by atoms with Crippen molar-refractivity contribution in [3.8, 4) is 5.75 Å². The van der Waals surface area contributed by atoms with Crippen LogP contribution in [0.15, 0.2) is 18.2 Å². The number of rotatable bonds is 3. The lowest BCUT2D eigenvalue weighted by Gasteiger charge is -2.05. The van der Waals surface area contributed by atoms with Gasteiger partial charge in [-0.3, -0.25) is 0 Å². The molecular weight excluding hydrogens is 202 g/mol. The fourth-order valence-corrected chi connectivity index (χ4v) is 1.79. The first kappa shape index (κ1) is 11.1. The monoisotopic (exact) mass is 219 g/mol. The van der Waals surface area contributed by atoms with Gasteiger partial charge in [-0.25, -0.2) is 4.98 Å². The zero-order chi connectivity index (χ0) is 11.4. The van der Waals surface area contributed by atoms with Crippen molar-refractivity contribution in [3.05, 3.63) is 29.6 Å². The lowest BCUT2D eigenvalue weighted by Crippen LogP contribution is -1.95. The third-order valence-corrected chi connectivity index (χ3v) is 2.74. The van der Waals surface area contributed by atoms with Crippen molar-refractivity contribution in [1.29, 1.82) is 0 Å². The summed E-state index contributed by atoms with van der Waals surface area (Å²) in [6.07, 6.45) is 5.30. The zero-order valence-electron chi connectivity index (χ0n) is 9.77. The predicted molar refractivity (Wildman–Crippen MR) is 63.5 cm³/mol. The van der Waals surface area contributed by atoms with Crippen molar-refractivity contribution in [2.75, 3.05) is 20.3 Å². The summed E-state index contributed by atoms with van der Waals surface area (Å²) >= 11 is 0. The zero-order valence-corrected chi connectivity index (χ0v) is 9.77. The van der Waals surface area contributed by atoms with Gasteiger partial charge in [-0.1, -0.05) is 6.08 Å². The summed E-state index contributed by atoms with van der Waals surface area (Å²) in [7, 11) is 1.67. The molecule has 0 radical (unpaired) electrons. The van der Waals surface area contributed by atoms with Crippen molar-refractivity contribution in [2.45, 2.75) is 13.3 Å². The Morgan fingerprint density at radius 2 is 2.38 bits per heavy atom. The van der Waals surface area contributed by atoms with Crippen LogP contribution in [-0.4, -0.2) is 25.3 Å². The van der Waals surface area contributed by atoms with Crippen molar-refractivity contribution >= 4 is 6.08 Å². The van der Waals surface area contributed by atoms with E-state index in [4.69, 9.17) is 9.47 Å². The van der Waals surface area contributed by atoms with Gasteiger partial charge in [0, 0.05) is 18.2 Å². The molecule has 1 aromatic rings. The standard InChI is InChI=1S/C13H17NO2/c1-10-3-6-13(15-2)12(14-10)5-4-11-7-8-16-9-11/h3-6,11H,7-9H2,1-2H3/b5-4+. The molecule has 0 aromatic carbocycles. The van der Waals surface area contributed by atoms with Gasteiger partial charge in [0.25, 0.3) is 0 Å². The molecule has 0 aliphatic carbocycles. The van der Waals surface area contributed by atoms with E-state index in [9.17, 15) is 0 Å². The molecule has 16 heavy (non-hydrogen) atoms. The molecule has 3 heteroatoms. The minimum absolute atomic E-state index is 0.520. The molecule has 3 nitrogen and oxygen atoms in total. The number of methoxy groups -OCH3 is 1. The van der Waals surface area contributed by atoms with Gasteiger partial charge in [0.05, 0.1) is 13.7 Å². The van der Waals surface area contributed by atoms with Gasteiger partial charge in [0.2, 0.25) is 0 Å². The lowest BCUT2D eigenvalue weighted by atomic mass is 10.1. The largest absolute Gasteiger partial charge is 0.494 e. The first-order valence-corrected chi connectivity index (χ1v) is 5.57. The van der Waals surface area contributed by atoms with Crippen LogP contribution >= 0.6 is 0 Å². The normalized spacial score (nSPS) is 20.5. The fraction of sp³-hybridized carbons (Fsp3) is 0.462. The maximum Gasteiger partial charge on any atom is 0.144 e. The van der Waals surface area contributed by atoms with Crippen LogP contribution in [0.4, 0.5) is 0 Å². The average molecular weight is 219 g/mol. The van der Waals surface area contributed by atoms with Crippen LogP contribution in [0.1, 0.15) is 17.8 Å². The number of hydrogen-bond donors (Lipinski definition) is 0. The number of ether oxygens (including phenoxy) is 2. The molecule has 2 heterocycles. The van der Waals surface area contributed by atoms with Crippen LogP contribution in [0.2, 0.25) is 0 Å². The molecule has 1 unspecified atom stereocenters. The second kappa shape index (κ2) is 5.12. The van der Waals surface area contributed by atoms with Crippen LogP contribution in [-0.2, 0) is 4.74 Å². The van der Waals surface area contributed by atoms with Crippen LogP contribution in [0.5, 0.6) is 5.75 Å². The molecule has 0 spiro atoms. The molecule has 0 bridgehead atoms. The summed E-state index contributed by atoms with van der Waals surface area (Å²) in [5.41, 5.74) is 1.90. The Kier molecular flexibility index (Phi) is 3.57. The molecule has 0 saturated carbocycles. The first-order chi connectivity index (χ1) is 7.79. The van der Waals surface area contributed by atoms with Crippen molar-refractivity contribution < 1.29 is 9.47 Å². The molecule has 2 rings (SSSR count). The Balaban J connectivity index is 2.15. The van der Waals surface area contributed by atoms with Gasteiger partial charge in [-0.2, -0.15) is 0 Å². The number of pyridine rings is 1. The van der Waals surface area contributed by atoms with E-state index in [2.05, 4.69) is 11.1 Å². The highest BCUT2D eigenvalue weighted by molar-refractivity contribution is 5.53. The molecule has 86 valence electrons. The molecule has 1 aliphatic heterocycles. The summed E-state index contributed by atoms with van der Waals surface area (Å²) in [4.78, 5) is 4.45. The van der Waals surface area contributed by atoms with Crippen LogP contribution < -0.4 is 4.74 Å². The van der Waals surface area contributed by atoms with E-state index in [0.717, 1.165) is 36.8 Å². The molecule has 1 atom stereocenters. The molecular formula is C13H17NO2. The smallest absolute Gasteiger partial charge is 0.144 e. The molecule has 1 saturated heterocycles. The maximum atomic E-state index is 5.32. The molecule has 0 N–H and O–H groups in total. The summed E-state index contributed by atoms with van der Waals surface area (Å²) in [6.45, 7) is 3.67. The Morgan fingerprint density at radius 1 is 1.50 bits per heavy atom. The number of aryl methyl sites for hydroxylation is 1. The first-order valence-electron chi connectivity index (χ1n) is 5.57. The molecule has 1 fully saturated rings. The molecule has 0 amide bonds. The number of hydrogen-bond acceptors (Lipinski definition) is 3. The summed E-state index contributed by atoms with van der Waals surface area (Å²) in [5.74, 6) is 1.34. The van der Waals surface area contributed by atoms with E-state index in [0.29, 0.717) is 5.92 Å². The quantitative estimate of drug-likeness (QED) is 0.782. The van der Waals surface area contributed by atoms with Crippen molar-refractivity contribution in [3.63, 3.8) is 0 Å². The topological polar surface area (TPSA) is 31.4 Å². The van der Waals surface area contributed by atoms with Crippen LogP contribution in [0.3, 0.4) is 0 Å². The third kappa shape index (κ3) is 2.61. The highest BCUT2D eigenvalue weighted by Crippen LogP contribution is 2.20. The van der Waals surface area contributed by atoms with E-state index in [1.54, 1.807) is 7.11 Å². The Bertz CT molecular complexity index is 382. The Hall–Kier alpha value is -1.35. The molecule has 1 aromatic heterocycles. The minimum atomic E-state index is 0.520. The fourth-order valence-electron chi connectivity index (χ4n) is 1.79. The minimum Gasteiger partial charge on any atom is -0.494 e. The van der Waals surface area contributed by atoms with E-state index < -0.39 is 0 Å². The predicted octanol–water partition coefficient (Wildman–Crippen LogP) is 2.45. The SMILES string of the molecule is COc1ccc(C)nc1/C=C/C1CCOC1. The van der Waals surface area contributed by atoms with Gasteiger partial charge >= 0.3 is 0 Å². The lowest BCUT2D eigenvalue weighted by molar-refractivity contribution is 0.191. The van der Waals surface area contributed by atoms with Gasteiger partial charge in [0.15, 0.2) is 0 Å².